The van der Waals surface area contributed by atoms with Gasteiger partial charge in [0.15, 0.2) is 0 Å². The quantitative estimate of drug-likeness (QED) is 0.478. The number of halogens is 4. The van der Waals surface area contributed by atoms with Gasteiger partial charge >= 0.3 is 0 Å². The average Bonchev–Trinajstić information content (AvgIpc) is 2.47. The summed E-state index contributed by atoms with van der Waals surface area (Å²) in [6.07, 6.45) is 3.14. The van der Waals surface area contributed by atoms with Crippen LogP contribution >= 0.6 is 55.1 Å². The molecule has 6 heteroatoms. The molecular formula is C16H9Br2Cl2NO. The van der Waals surface area contributed by atoms with E-state index in [1.54, 1.807) is 18.2 Å². The lowest BCUT2D eigenvalue weighted by Crippen LogP contribution is -1.97. The van der Waals surface area contributed by atoms with E-state index in [0.717, 1.165) is 20.1 Å². The summed E-state index contributed by atoms with van der Waals surface area (Å²) in [4.78, 5) is 0. The predicted octanol–water partition coefficient (Wildman–Crippen LogP) is 6.63. The fraction of sp³-hybridized carbons (Fsp3) is 0.0625. The van der Waals surface area contributed by atoms with E-state index in [1.165, 1.54) is 6.08 Å². The summed E-state index contributed by atoms with van der Waals surface area (Å²) in [6, 6.07) is 11.1. The lowest BCUT2D eigenvalue weighted by molar-refractivity contribution is 0.302. The number of rotatable bonds is 4. The van der Waals surface area contributed by atoms with Gasteiger partial charge in [-0.05, 0) is 73.3 Å². The molecule has 22 heavy (non-hydrogen) atoms. The first-order chi connectivity index (χ1) is 10.5. The van der Waals surface area contributed by atoms with Crippen molar-refractivity contribution in [1.29, 1.82) is 5.26 Å². The minimum atomic E-state index is 0.363. The van der Waals surface area contributed by atoms with Crippen molar-refractivity contribution in [1.82, 2.24) is 0 Å². The molecule has 0 aromatic heterocycles. The maximum atomic E-state index is 8.57. The summed E-state index contributed by atoms with van der Waals surface area (Å²) in [6.45, 7) is 0.363. The minimum absolute atomic E-state index is 0.363. The Morgan fingerprint density at radius 3 is 2.36 bits per heavy atom. The third kappa shape index (κ3) is 4.50. The highest BCUT2D eigenvalue weighted by molar-refractivity contribution is 9.11. The van der Waals surface area contributed by atoms with Gasteiger partial charge in [0.2, 0.25) is 0 Å². The van der Waals surface area contributed by atoms with Crippen LogP contribution in [0, 0.1) is 11.3 Å². The van der Waals surface area contributed by atoms with E-state index in [4.69, 9.17) is 33.2 Å². The summed E-state index contributed by atoms with van der Waals surface area (Å²) < 4.78 is 7.41. The zero-order valence-electron chi connectivity index (χ0n) is 11.1. The highest BCUT2D eigenvalue weighted by atomic mass is 79.9. The molecule has 0 N–H and O–H groups in total. The lowest BCUT2D eigenvalue weighted by atomic mass is 10.2. The average molecular weight is 462 g/mol. The summed E-state index contributed by atoms with van der Waals surface area (Å²) >= 11 is 18.8. The Morgan fingerprint density at radius 2 is 1.77 bits per heavy atom. The number of benzene rings is 2. The van der Waals surface area contributed by atoms with Crippen molar-refractivity contribution in [2.75, 3.05) is 0 Å². The smallest absolute Gasteiger partial charge is 0.148 e. The normalized spacial score (nSPS) is 10.7. The number of ether oxygens (including phenoxy) is 1. The molecule has 0 amide bonds. The van der Waals surface area contributed by atoms with Crippen LogP contribution in [-0.4, -0.2) is 0 Å². The number of hydrogen-bond acceptors (Lipinski definition) is 2. The topological polar surface area (TPSA) is 33.0 Å². The predicted molar refractivity (Wildman–Crippen MR) is 97.3 cm³/mol. The first-order valence-corrected chi connectivity index (χ1v) is 8.47. The molecule has 0 atom stereocenters. The third-order valence-electron chi connectivity index (χ3n) is 2.74. The molecule has 0 heterocycles. The Kier molecular flexibility index (Phi) is 6.34. The van der Waals surface area contributed by atoms with Crippen molar-refractivity contribution >= 4 is 61.1 Å². The van der Waals surface area contributed by atoms with E-state index in [1.807, 2.05) is 24.3 Å². The molecule has 0 saturated carbocycles. The largest absolute Gasteiger partial charge is 0.487 e. The summed E-state index contributed by atoms with van der Waals surface area (Å²) in [5.41, 5.74) is 1.81. The Morgan fingerprint density at radius 1 is 1.09 bits per heavy atom. The molecule has 112 valence electrons. The zero-order valence-corrected chi connectivity index (χ0v) is 15.8. The second-order valence-corrected chi connectivity index (χ2v) is 6.84. The molecule has 2 rings (SSSR count). The number of allylic oxidation sites excluding steroid dienone is 1. The molecule has 0 spiro atoms. The first kappa shape index (κ1) is 17.4. The molecule has 0 unspecified atom stereocenters. The first-order valence-electron chi connectivity index (χ1n) is 6.13. The van der Waals surface area contributed by atoms with E-state index in [-0.39, 0.29) is 0 Å². The van der Waals surface area contributed by atoms with Crippen LogP contribution in [-0.2, 0) is 6.61 Å². The van der Waals surface area contributed by atoms with Crippen LogP contribution in [0.15, 0.2) is 45.4 Å². The van der Waals surface area contributed by atoms with Crippen LogP contribution in [0.5, 0.6) is 5.75 Å². The fourth-order valence-corrected chi connectivity index (χ4v) is 3.50. The second-order valence-electron chi connectivity index (χ2n) is 4.31. The molecular weight excluding hydrogens is 453 g/mol. The molecule has 0 saturated heterocycles. The Hall–Kier alpha value is -0.990. The van der Waals surface area contributed by atoms with Crippen molar-refractivity contribution < 1.29 is 4.74 Å². The van der Waals surface area contributed by atoms with Crippen LogP contribution in [0.3, 0.4) is 0 Å². The van der Waals surface area contributed by atoms with Crippen LogP contribution in [0.2, 0.25) is 10.0 Å². The van der Waals surface area contributed by atoms with Crippen molar-refractivity contribution in [2.24, 2.45) is 0 Å². The zero-order chi connectivity index (χ0) is 16.1. The summed E-state index contributed by atoms with van der Waals surface area (Å²) in [7, 11) is 0. The van der Waals surface area contributed by atoms with E-state index in [2.05, 4.69) is 31.9 Å². The fourth-order valence-electron chi connectivity index (χ4n) is 1.73. The van der Waals surface area contributed by atoms with E-state index < -0.39 is 0 Å². The maximum Gasteiger partial charge on any atom is 0.148 e. The van der Waals surface area contributed by atoms with Crippen molar-refractivity contribution in [3.05, 3.63) is 66.5 Å². The van der Waals surface area contributed by atoms with Crippen LogP contribution in [0.25, 0.3) is 6.08 Å². The molecule has 0 bridgehead atoms. The third-order valence-corrected chi connectivity index (χ3v) is 4.66. The maximum absolute atomic E-state index is 8.57. The summed E-state index contributed by atoms with van der Waals surface area (Å²) in [5.74, 6) is 0.681. The molecule has 2 aromatic rings. The van der Waals surface area contributed by atoms with E-state index in [9.17, 15) is 0 Å². The van der Waals surface area contributed by atoms with E-state index in [0.29, 0.717) is 22.4 Å². The van der Waals surface area contributed by atoms with Gasteiger partial charge in [-0.15, -0.1) is 0 Å². The highest BCUT2D eigenvalue weighted by Crippen LogP contribution is 2.36. The molecule has 2 nitrogen and oxygen atoms in total. The van der Waals surface area contributed by atoms with E-state index >= 15 is 0 Å². The Bertz CT molecular complexity index is 746. The lowest BCUT2D eigenvalue weighted by Gasteiger charge is -2.12. The highest BCUT2D eigenvalue weighted by Gasteiger charge is 2.09. The van der Waals surface area contributed by atoms with Gasteiger partial charge < -0.3 is 4.74 Å². The molecule has 0 fully saturated rings. The van der Waals surface area contributed by atoms with Gasteiger partial charge in [-0.1, -0.05) is 29.3 Å². The van der Waals surface area contributed by atoms with Gasteiger partial charge in [0.05, 0.1) is 25.1 Å². The molecule has 0 radical (unpaired) electrons. The van der Waals surface area contributed by atoms with Gasteiger partial charge in [-0.25, -0.2) is 0 Å². The van der Waals surface area contributed by atoms with Gasteiger partial charge in [0.1, 0.15) is 12.4 Å². The van der Waals surface area contributed by atoms with Gasteiger partial charge in [0, 0.05) is 6.08 Å². The Labute approximate surface area is 155 Å². The molecule has 0 aliphatic rings. The Balaban J connectivity index is 2.17. The monoisotopic (exact) mass is 459 g/mol. The van der Waals surface area contributed by atoms with Crippen LogP contribution in [0.4, 0.5) is 0 Å². The number of hydrogen-bond donors (Lipinski definition) is 0. The summed E-state index contributed by atoms with van der Waals surface area (Å²) in [5, 5.41) is 9.58. The minimum Gasteiger partial charge on any atom is -0.487 e. The van der Waals surface area contributed by atoms with Gasteiger partial charge in [0.25, 0.3) is 0 Å². The molecule has 0 aliphatic carbocycles. The number of nitrogens with zero attached hydrogens (tertiary/aromatic N) is 1. The van der Waals surface area contributed by atoms with Crippen molar-refractivity contribution in [2.45, 2.75) is 6.61 Å². The molecule has 0 aliphatic heterocycles. The standard InChI is InChI=1S/C16H9Br2Cl2NO/c17-12-6-10(2-1-5-21)7-13(18)16(12)22-9-11-3-4-14(19)15(20)8-11/h1-4,6-8H,9H2. The van der Waals surface area contributed by atoms with Crippen molar-refractivity contribution in [3.8, 4) is 11.8 Å². The second kappa shape index (κ2) is 8.03. The number of nitriles is 1. The van der Waals surface area contributed by atoms with Gasteiger partial charge in [-0.3, -0.25) is 0 Å². The molecule has 2 aromatic carbocycles. The van der Waals surface area contributed by atoms with Crippen LogP contribution < -0.4 is 4.74 Å². The van der Waals surface area contributed by atoms with Gasteiger partial charge in [-0.2, -0.15) is 5.26 Å². The van der Waals surface area contributed by atoms with Crippen molar-refractivity contribution in [3.63, 3.8) is 0 Å². The SMILES string of the molecule is N#CC=Cc1cc(Br)c(OCc2ccc(Cl)c(Cl)c2)c(Br)c1. The van der Waals surface area contributed by atoms with Crippen LogP contribution in [0.1, 0.15) is 11.1 Å².